The van der Waals surface area contributed by atoms with Gasteiger partial charge in [0.25, 0.3) is 11.8 Å². The molecule has 0 spiro atoms. The number of carboxylic acids is 2. The molecular formula is C18H25N3O8. The van der Waals surface area contributed by atoms with Crippen LogP contribution in [0.15, 0.2) is 12.2 Å². The van der Waals surface area contributed by atoms with Crippen molar-refractivity contribution in [1.29, 1.82) is 0 Å². The minimum atomic E-state index is -1.31. The van der Waals surface area contributed by atoms with Gasteiger partial charge in [0.2, 0.25) is 11.8 Å². The Labute approximate surface area is 167 Å². The van der Waals surface area contributed by atoms with Crippen molar-refractivity contribution in [1.82, 2.24) is 15.5 Å². The van der Waals surface area contributed by atoms with E-state index in [-0.39, 0.29) is 56.5 Å². The van der Waals surface area contributed by atoms with Gasteiger partial charge in [-0.05, 0) is 19.3 Å². The topological polar surface area (TPSA) is 170 Å². The van der Waals surface area contributed by atoms with Gasteiger partial charge < -0.3 is 20.8 Å². The summed E-state index contributed by atoms with van der Waals surface area (Å²) in [6, 6.07) is -1.31. The number of amides is 4. The molecule has 0 saturated carbocycles. The molecule has 1 rings (SSSR count). The average molecular weight is 411 g/mol. The van der Waals surface area contributed by atoms with Crippen molar-refractivity contribution in [2.24, 2.45) is 0 Å². The van der Waals surface area contributed by atoms with Crippen molar-refractivity contribution in [2.45, 2.75) is 51.0 Å². The first-order valence-corrected chi connectivity index (χ1v) is 9.25. The fourth-order valence-electron chi connectivity index (χ4n) is 2.55. The van der Waals surface area contributed by atoms with Crippen molar-refractivity contribution in [3.05, 3.63) is 12.2 Å². The van der Waals surface area contributed by atoms with Gasteiger partial charge in [0.1, 0.15) is 6.04 Å². The molecule has 0 saturated heterocycles. The van der Waals surface area contributed by atoms with E-state index in [1.54, 1.807) is 0 Å². The van der Waals surface area contributed by atoms with Crippen LogP contribution in [-0.4, -0.2) is 69.8 Å². The smallest absolute Gasteiger partial charge is 0.328 e. The highest BCUT2D eigenvalue weighted by Crippen LogP contribution is 2.07. The van der Waals surface area contributed by atoms with Crippen LogP contribution in [0.4, 0.5) is 0 Å². The molecule has 11 heteroatoms. The monoisotopic (exact) mass is 411 g/mol. The molecule has 0 aromatic heterocycles. The zero-order valence-corrected chi connectivity index (χ0v) is 15.9. The Balaban J connectivity index is 2.20. The zero-order valence-electron chi connectivity index (χ0n) is 15.9. The molecule has 0 radical (unpaired) electrons. The van der Waals surface area contributed by atoms with Crippen LogP contribution in [0.3, 0.4) is 0 Å². The number of carbonyl (C=O) groups excluding carboxylic acids is 4. The van der Waals surface area contributed by atoms with Gasteiger partial charge in [-0.3, -0.25) is 28.9 Å². The third-order valence-corrected chi connectivity index (χ3v) is 4.12. The number of carboxylic acid groups (broad SMARTS) is 2. The number of nitrogens with one attached hydrogen (secondary N) is 2. The summed E-state index contributed by atoms with van der Waals surface area (Å²) in [6.07, 6.45) is 3.97. The molecule has 1 heterocycles. The van der Waals surface area contributed by atoms with Crippen molar-refractivity contribution in [2.75, 3.05) is 13.1 Å². The van der Waals surface area contributed by atoms with E-state index in [1.807, 2.05) is 0 Å². The maximum atomic E-state index is 11.8. The van der Waals surface area contributed by atoms with Crippen LogP contribution < -0.4 is 10.6 Å². The second kappa shape index (κ2) is 12.3. The number of hydrogen-bond donors (Lipinski definition) is 4. The Morgan fingerprint density at radius 1 is 0.862 bits per heavy atom. The van der Waals surface area contributed by atoms with Gasteiger partial charge in [-0.1, -0.05) is 6.42 Å². The Morgan fingerprint density at radius 2 is 1.48 bits per heavy atom. The predicted octanol–water partition coefficient (Wildman–Crippen LogP) is -0.588. The Hall–Kier alpha value is -3.24. The number of unbranched alkanes of at least 4 members (excludes halogenated alkanes) is 2. The quantitative estimate of drug-likeness (QED) is 0.217. The molecule has 0 aromatic carbocycles. The van der Waals surface area contributed by atoms with E-state index in [9.17, 15) is 28.8 Å². The third kappa shape index (κ3) is 9.49. The van der Waals surface area contributed by atoms with Crippen LogP contribution in [0.25, 0.3) is 0 Å². The lowest BCUT2D eigenvalue weighted by Crippen LogP contribution is -2.48. The van der Waals surface area contributed by atoms with Gasteiger partial charge in [-0.25, -0.2) is 4.79 Å². The van der Waals surface area contributed by atoms with E-state index in [0.29, 0.717) is 19.3 Å². The summed E-state index contributed by atoms with van der Waals surface area (Å²) < 4.78 is 0. The van der Waals surface area contributed by atoms with Crippen LogP contribution in [0.5, 0.6) is 0 Å². The number of imide groups is 1. The van der Waals surface area contributed by atoms with Gasteiger partial charge in [0, 0.05) is 44.5 Å². The van der Waals surface area contributed by atoms with Crippen molar-refractivity contribution in [3.63, 3.8) is 0 Å². The molecule has 4 N–H and O–H groups in total. The van der Waals surface area contributed by atoms with E-state index >= 15 is 0 Å². The van der Waals surface area contributed by atoms with Crippen molar-refractivity contribution >= 4 is 35.6 Å². The first-order chi connectivity index (χ1) is 13.7. The summed E-state index contributed by atoms with van der Waals surface area (Å²) in [5.41, 5.74) is 0. The fraction of sp³-hybridized carbons (Fsp3) is 0.556. The molecule has 11 nitrogen and oxygen atoms in total. The normalized spacial score (nSPS) is 14.0. The van der Waals surface area contributed by atoms with Crippen molar-refractivity contribution < 1.29 is 39.0 Å². The van der Waals surface area contributed by atoms with Gasteiger partial charge >= 0.3 is 11.9 Å². The summed E-state index contributed by atoms with van der Waals surface area (Å²) in [5.74, 6) is -4.05. The minimum Gasteiger partial charge on any atom is -0.481 e. The van der Waals surface area contributed by atoms with Crippen LogP contribution in [0.2, 0.25) is 0 Å². The summed E-state index contributed by atoms with van der Waals surface area (Å²) in [4.78, 5) is 68.9. The molecule has 1 aliphatic rings. The lowest BCUT2D eigenvalue weighted by molar-refractivity contribution is -0.142. The number of hydrogen-bond acceptors (Lipinski definition) is 6. The molecule has 4 amide bonds. The molecule has 1 aliphatic heterocycles. The first kappa shape index (κ1) is 23.8. The van der Waals surface area contributed by atoms with E-state index in [1.165, 1.54) is 12.2 Å². The van der Waals surface area contributed by atoms with E-state index in [0.717, 1.165) is 4.90 Å². The number of nitrogens with zero attached hydrogens (tertiary/aromatic N) is 1. The fourth-order valence-corrected chi connectivity index (χ4v) is 2.55. The first-order valence-electron chi connectivity index (χ1n) is 9.25. The van der Waals surface area contributed by atoms with Crippen LogP contribution in [-0.2, 0) is 28.8 Å². The largest absolute Gasteiger partial charge is 0.481 e. The lowest BCUT2D eigenvalue weighted by Gasteiger charge is -2.15. The van der Waals surface area contributed by atoms with Crippen LogP contribution in [0.1, 0.15) is 44.9 Å². The highest BCUT2D eigenvalue weighted by Gasteiger charge is 2.22. The second-order valence-electron chi connectivity index (χ2n) is 6.48. The predicted molar refractivity (Wildman–Crippen MR) is 98.4 cm³/mol. The molecular weight excluding hydrogens is 386 g/mol. The number of carbonyl (C=O) groups is 6. The van der Waals surface area contributed by atoms with E-state index in [2.05, 4.69) is 10.6 Å². The number of rotatable bonds is 14. The standard InChI is InChI=1S/C18H25N3O8/c22-13(5-2-1-3-10-21-15(24)8-9-16(21)25)19-11-12(18(28)29)20-14(23)6-4-7-17(26)27/h8-9,12H,1-7,10-11H2,(H,19,22)(H,20,23)(H,26,27)(H,28,29). The summed E-state index contributed by atoms with van der Waals surface area (Å²) in [7, 11) is 0. The lowest BCUT2D eigenvalue weighted by atomic mass is 10.1. The van der Waals surface area contributed by atoms with Crippen LogP contribution >= 0.6 is 0 Å². The van der Waals surface area contributed by atoms with Gasteiger partial charge in [-0.15, -0.1) is 0 Å². The number of aliphatic carboxylic acids is 2. The third-order valence-electron chi connectivity index (χ3n) is 4.12. The molecule has 1 atom stereocenters. The average Bonchev–Trinajstić information content (AvgIpc) is 2.96. The molecule has 160 valence electrons. The van der Waals surface area contributed by atoms with E-state index < -0.39 is 23.9 Å². The molecule has 0 aromatic rings. The maximum Gasteiger partial charge on any atom is 0.328 e. The van der Waals surface area contributed by atoms with E-state index in [4.69, 9.17) is 10.2 Å². The molecule has 29 heavy (non-hydrogen) atoms. The Morgan fingerprint density at radius 3 is 2.07 bits per heavy atom. The Kier molecular flexibility index (Phi) is 10.1. The maximum absolute atomic E-state index is 11.8. The van der Waals surface area contributed by atoms with Gasteiger partial charge in [-0.2, -0.15) is 0 Å². The van der Waals surface area contributed by atoms with Crippen molar-refractivity contribution in [3.8, 4) is 0 Å². The summed E-state index contributed by atoms with van der Waals surface area (Å²) >= 11 is 0. The Bertz CT molecular complexity index is 671. The molecule has 1 unspecified atom stereocenters. The SMILES string of the molecule is O=C(O)CCCC(=O)NC(CNC(=O)CCCCCN1C(=O)C=CC1=O)C(=O)O. The highest BCUT2D eigenvalue weighted by molar-refractivity contribution is 6.12. The van der Waals surface area contributed by atoms with Gasteiger partial charge in [0.05, 0.1) is 0 Å². The van der Waals surface area contributed by atoms with Crippen LogP contribution in [0, 0.1) is 0 Å². The minimum absolute atomic E-state index is 0.0878. The molecule has 0 fully saturated rings. The van der Waals surface area contributed by atoms with Gasteiger partial charge in [0.15, 0.2) is 0 Å². The summed E-state index contributed by atoms with van der Waals surface area (Å²) in [6.45, 7) is -0.0113. The summed E-state index contributed by atoms with van der Waals surface area (Å²) in [5, 5.41) is 22.3. The highest BCUT2D eigenvalue weighted by atomic mass is 16.4. The molecule has 0 bridgehead atoms. The second-order valence-corrected chi connectivity index (χ2v) is 6.48. The zero-order chi connectivity index (χ0) is 21.8. The molecule has 0 aliphatic carbocycles.